The molecule has 2 fully saturated rings. The first-order valence-corrected chi connectivity index (χ1v) is 8.41. The van der Waals surface area contributed by atoms with Crippen LogP contribution in [0.1, 0.15) is 62.0 Å². The van der Waals surface area contributed by atoms with Crippen LogP contribution in [0.3, 0.4) is 0 Å². The third-order valence-electron chi connectivity index (χ3n) is 5.41. The summed E-state index contributed by atoms with van der Waals surface area (Å²) in [7, 11) is 2.29. The Labute approximate surface area is 128 Å². The SMILES string of the molecule is CCCNc1nc(C2CC3CCC(C2)N3C)nc(C)c1C. The average molecular weight is 288 g/mol. The van der Waals surface area contributed by atoms with Crippen molar-refractivity contribution in [2.24, 2.45) is 0 Å². The molecule has 1 N–H and O–H groups in total. The van der Waals surface area contributed by atoms with Crippen molar-refractivity contribution in [1.82, 2.24) is 14.9 Å². The topological polar surface area (TPSA) is 41.1 Å². The van der Waals surface area contributed by atoms with Gasteiger partial charge in [0.1, 0.15) is 11.6 Å². The second kappa shape index (κ2) is 5.91. The van der Waals surface area contributed by atoms with Gasteiger partial charge in [0.05, 0.1) is 0 Å². The van der Waals surface area contributed by atoms with Crippen LogP contribution in [0.5, 0.6) is 0 Å². The molecule has 4 nitrogen and oxygen atoms in total. The van der Waals surface area contributed by atoms with Crippen LogP contribution < -0.4 is 5.32 Å². The third kappa shape index (κ3) is 2.78. The molecule has 2 bridgehead atoms. The van der Waals surface area contributed by atoms with Gasteiger partial charge >= 0.3 is 0 Å². The lowest BCUT2D eigenvalue weighted by Crippen LogP contribution is -2.39. The third-order valence-corrected chi connectivity index (χ3v) is 5.41. The molecule has 2 aliphatic rings. The summed E-state index contributed by atoms with van der Waals surface area (Å²) in [6.07, 6.45) is 6.27. The molecule has 3 heterocycles. The van der Waals surface area contributed by atoms with Crippen LogP contribution in [-0.4, -0.2) is 40.5 Å². The fourth-order valence-corrected chi connectivity index (χ4v) is 3.87. The number of hydrogen-bond acceptors (Lipinski definition) is 4. The van der Waals surface area contributed by atoms with Crippen molar-refractivity contribution in [3.05, 3.63) is 17.1 Å². The van der Waals surface area contributed by atoms with Crippen LogP contribution in [0.25, 0.3) is 0 Å². The first-order valence-electron chi connectivity index (χ1n) is 8.41. The van der Waals surface area contributed by atoms with E-state index in [-0.39, 0.29) is 0 Å². The van der Waals surface area contributed by atoms with Crippen LogP contribution >= 0.6 is 0 Å². The maximum absolute atomic E-state index is 4.88. The van der Waals surface area contributed by atoms with Gasteiger partial charge in [-0.2, -0.15) is 0 Å². The first-order chi connectivity index (χ1) is 10.1. The summed E-state index contributed by atoms with van der Waals surface area (Å²) in [5.74, 6) is 2.66. The Balaban J connectivity index is 1.84. The van der Waals surface area contributed by atoms with Crippen molar-refractivity contribution in [2.75, 3.05) is 18.9 Å². The highest BCUT2D eigenvalue weighted by Gasteiger charge is 2.39. The summed E-state index contributed by atoms with van der Waals surface area (Å²) in [4.78, 5) is 12.3. The fraction of sp³-hybridized carbons (Fsp3) is 0.765. The minimum absolute atomic E-state index is 0.542. The van der Waals surface area contributed by atoms with E-state index < -0.39 is 0 Å². The van der Waals surface area contributed by atoms with Crippen molar-refractivity contribution >= 4 is 5.82 Å². The summed E-state index contributed by atoms with van der Waals surface area (Å²) < 4.78 is 0. The molecule has 0 saturated carbocycles. The van der Waals surface area contributed by atoms with E-state index in [0.29, 0.717) is 5.92 Å². The van der Waals surface area contributed by atoms with E-state index >= 15 is 0 Å². The van der Waals surface area contributed by atoms with Crippen LogP contribution in [0, 0.1) is 13.8 Å². The van der Waals surface area contributed by atoms with Crippen molar-refractivity contribution in [2.45, 2.75) is 70.9 Å². The number of nitrogens with zero attached hydrogens (tertiary/aromatic N) is 3. The summed E-state index contributed by atoms with van der Waals surface area (Å²) in [5.41, 5.74) is 2.33. The number of piperidine rings is 1. The second-order valence-corrected chi connectivity index (χ2v) is 6.79. The zero-order chi connectivity index (χ0) is 15.0. The molecular formula is C17H28N4. The fourth-order valence-electron chi connectivity index (χ4n) is 3.87. The highest BCUT2D eigenvalue weighted by molar-refractivity contribution is 5.45. The first kappa shape index (κ1) is 14.8. The molecule has 1 aromatic rings. The van der Waals surface area contributed by atoms with E-state index in [1.54, 1.807) is 0 Å². The van der Waals surface area contributed by atoms with E-state index in [1.807, 2.05) is 0 Å². The molecule has 2 saturated heterocycles. The molecule has 2 atom stereocenters. The zero-order valence-corrected chi connectivity index (χ0v) is 13.8. The Hall–Kier alpha value is -1.16. The Morgan fingerprint density at radius 1 is 1.14 bits per heavy atom. The van der Waals surface area contributed by atoms with Gasteiger partial charge in [0.2, 0.25) is 0 Å². The lowest BCUT2D eigenvalue weighted by molar-refractivity contribution is 0.159. The quantitative estimate of drug-likeness (QED) is 0.923. The molecule has 2 unspecified atom stereocenters. The van der Waals surface area contributed by atoms with Crippen LogP contribution in [0.15, 0.2) is 0 Å². The molecule has 21 heavy (non-hydrogen) atoms. The van der Waals surface area contributed by atoms with Gasteiger partial charge in [0, 0.05) is 35.8 Å². The van der Waals surface area contributed by atoms with E-state index in [4.69, 9.17) is 9.97 Å². The number of aryl methyl sites for hydroxylation is 1. The van der Waals surface area contributed by atoms with Gasteiger partial charge in [-0.05, 0) is 53.0 Å². The normalized spacial score (nSPS) is 28.9. The van der Waals surface area contributed by atoms with Gasteiger partial charge in [0.25, 0.3) is 0 Å². The van der Waals surface area contributed by atoms with Gasteiger partial charge in [0.15, 0.2) is 0 Å². The molecule has 0 aromatic carbocycles. The molecule has 116 valence electrons. The average Bonchev–Trinajstić information content (AvgIpc) is 2.70. The predicted octanol–water partition coefficient (Wildman–Crippen LogP) is 3.26. The largest absolute Gasteiger partial charge is 0.370 e. The van der Waals surface area contributed by atoms with E-state index in [9.17, 15) is 0 Å². The van der Waals surface area contributed by atoms with Crippen molar-refractivity contribution in [3.63, 3.8) is 0 Å². The van der Waals surface area contributed by atoms with Gasteiger partial charge in [-0.1, -0.05) is 6.92 Å². The number of nitrogens with one attached hydrogen (secondary N) is 1. The van der Waals surface area contributed by atoms with Gasteiger partial charge in [-0.15, -0.1) is 0 Å². The van der Waals surface area contributed by atoms with Crippen molar-refractivity contribution < 1.29 is 0 Å². The van der Waals surface area contributed by atoms with E-state index in [1.165, 1.54) is 31.2 Å². The molecule has 0 spiro atoms. The molecule has 2 aliphatic heterocycles. The van der Waals surface area contributed by atoms with Crippen molar-refractivity contribution in [3.8, 4) is 0 Å². The smallest absolute Gasteiger partial charge is 0.134 e. The lowest BCUT2D eigenvalue weighted by Gasteiger charge is -2.35. The standard InChI is InChI=1S/C17H28N4/c1-5-8-18-16-11(2)12(3)19-17(20-16)13-9-14-6-7-15(10-13)21(14)4/h13-15H,5-10H2,1-4H3,(H,18,19,20). The van der Waals surface area contributed by atoms with Crippen LogP contribution in [0.4, 0.5) is 5.82 Å². The van der Waals surface area contributed by atoms with Crippen LogP contribution in [-0.2, 0) is 0 Å². The molecule has 0 radical (unpaired) electrons. The number of fused-ring (bicyclic) bond motifs is 2. The zero-order valence-electron chi connectivity index (χ0n) is 13.8. The maximum Gasteiger partial charge on any atom is 0.134 e. The summed E-state index contributed by atoms with van der Waals surface area (Å²) in [6, 6.07) is 1.48. The number of hydrogen-bond donors (Lipinski definition) is 1. The summed E-state index contributed by atoms with van der Waals surface area (Å²) in [6.45, 7) is 7.40. The van der Waals surface area contributed by atoms with E-state index in [2.05, 4.69) is 38.0 Å². The molecule has 1 aromatic heterocycles. The molecule has 0 amide bonds. The monoisotopic (exact) mass is 288 g/mol. The number of rotatable bonds is 4. The van der Waals surface area contributed by atoms with Gasteiger partial charge < -0.3 is 10.2 Å². The molecule has 3 rings (SSSR count). The predicted molar refractivity (Wildman–Crippen MR) is 86.8 cm³/mol. The number of anilines is 1. The summed E-state index contributed by atoms with van der Waals surface area (Å²) in [5, 5.41) is 3.47. The van der Waals surface area contributed by atoms with Crippen molar-refractivity contribution in [1.29, 1.82) is 0 Å². The lowest BCUT2D eigenvalue weighted by atomic mass is 9.90. The molecule has 0 aliphatic carbocycles. The molecular weight excluding hydrogens is 260 g/mol. The number of aromatic nitrogens is 2. The van der Waals surface area contributed by atoms with Gasteiger partial charge in [-0.25, -0.2) is 9.97 Å². The minimum Gasteiger partial charge on any atom is -0.370 e. The summed E-state index contributed by atoms with van der Waals surface area (Å²) >= 11 is 0. The molecule has 4 heteroatoms. The Kier molecular flexibility index (Phi) is 4.16. The highest BCUT2D eigenvalue weighted by Crippen LogP contribution is 2.41. The minimum atomic E-state index is 0.542. The van der Waals surface area contributed by atoms with E-state index in [0.717, 1.165) is 42.4 Å². The van der Waals surface area contributed by atoms with Gasteiger partial charge in [-0.3, -0.25) is 0 Å². The maximum atomic E-state index is 4.88. The van der Waals surface area contributed by atoms with Crippen LogP contribution in [0.2, 0.25) is 0 Å². The second-order valence-electron chi connectivity index (χ2n) is 6.79. The Morgan fingerprint density at radius 3 is 2.43 bits per heavy atom. The Bertz CT molecular complexity index is 500. The Morgan fingerprint density at radius 2 is 1.81 bits per heavy atom. The highest BCUT2D eigenvalue weighted by atomic mass is 15.2.